The Morgan fingerprint density at radius 1 is 1.32 bits per heavy atom. The van der Waals surface area contributed by atoms with E-state index in [1.807, 2.05) is 18.4 Å². The van der Waals surface area contributed by atoms with Crippen molar-refractivity contribution in [2.24, 2.45) is 0 Å². The van der Waals surface area contributed by atoms with Crippen LogP contribution in [-0.2, 0) is 6.54 Å². The van der Waals surface area contributed by atoms with E-state index in [9.17, 15) is 14.9 Å². The van der Waals surface area contributed by atoms with Gasteiger partial charge in [-0.2, -0.15) is 0 Å². The molecular weight excluding hydrogens is 324 g/mol. The third-order valence-corrected chi connectivity index (χ3v) is 3.90. The van der Waals surface area contributed by atoms with Gasteiger partial charge < -0.3 is 14.0 Å². The quantitative estimate of drug-likeness (QED) is 0.317. The van der Waals surface area contributed by atoms with E-state index in [1.54, 1.807) is 12.1 Å². The fourth-order valence-corrected chi connectivity index (χ4v) is 2.61. The SMILES string of the molecule is C=CCn1c(C)cc(C(=O)COc2cc([N+](=O)[O-])ccc2OC)c1C. The number of allylic oxidation sites excluding steroid dienone is 1. The molecule has 0 saturated carbocycles. The molecule has 0 fully saturated rings. The summed E-state index contributed by atoms with van der Waals surface area (Å²) in [7, 11) is 1.43. The van der Waals surface area contributed by atoms with Crippen LogP contribution in [0.5, 0.6) is 11.5 Å². The van der Waals surface area contributed by atoms with Gasteiger partial charge in [-0.1, -0.05) is 6.08 Å². The third-order valence-electron chi connectivity index (χ3n) is 3.90. The highest BCUT2D eigenvalue weighted by Crippen LogP contribution is 2.31. The first-order chi connectivity index (χ1) is 11.9. The van der Waals surface area contributed by atoms with Crippen molar-refractivity contribution in [3.63, 3.8) is 0 Å². The number of hydrogen-bond acceptors (Lipinski definition) is 5. The molecule has 0 atom stereocenters. The Morgan fingerprint density at radius 2 is 2.04 bits per heavy atom. The minimum atomic E-state index is -0.531. The van der Waals surface area contributed by atoms with Gasteiger partial charge in [0.1, 0.15) is 0 Å². The lowest BCUT2D eigenvalue weighted by Gasteiger charge is -2.10. The number of nitro benzene ring substituents is 1. The number of carbonyl (C=O) groups excluding carboxylic acids is 1. The van der Waals surface area contributed by atoms with Crippen LogP contribution < -0.4 is 9.47 Å². The van der Waals surface area contributed by atoms with E-state index < -0.39 is 4.92 Å². The summed E-state index contributed by atoms with van der Waals surface area (Å²) in [5.41, 5.74) is 2.21. The predicted octanol–water partition coefficient (Wildman–Crippen LogP) is 3.47. The smallest absolute Gasteiger partial charge is 0.273 e. The number of aromatic nitrogens is 1. The van der Waals surface area contributed by atoms with E-state index in [1.165, 1.54) is 25.3 Å². The molecule has 2 aromatic rings. The van der Waals surface area contributed by atoms with Crippen LogP contribution in [0.3, 0.4) is 0 Å². The summed E-state index contributed by atoms with van der Waals surface area (Å²) in [6.45, 7) is 7.86. The van der Waals surface area contributed by atoms with Crippen LogP contribution in [0.15, 0.2) is 36.9 Å². The van der Waals surface area contributed by atoms with Crippen molar-refractivity contribution >= 4 is 11.5 Å². The average Bonchev–Trinajstić information content (AvgIpc) is 2.88. The molecule has 7 nitrogen and oxygen atoms in total. The Bertz CT molecular complexity index is 823. The molecule has 0 saturated heterocycles. The standard InChI is InChI=1S/C18H20N2O5/c1-5-8-19-12(2)9-15(13(19)3)16(21)11-25-18-10-14(20(22)23)6-7-17(18)24-4/h5-7,9-10H,1,8,11H2,2-4H3. The minimum Gasteiger partial charge on any atom is -0.493 e. The molecule has 1 aromatic carbocycles. The molecule has 1 aromatic heterocycles. The molecular formula is C18H20N2O5. The van der Waals surface area contributed by atoms with E-state index in [0.717, 1.165) is 11.4 Å². The number of Topliss-reactive ketones (excluding diaryl/α,β-unsaturated/α-hetero) is 1. The van der Waals surface area contributed by atoms with Gasteiger partial charge in [0.15, 0.2) is 18.1 Å². The van der Waals surface area contributed by atoms with Crippen molar-refractivity contribution < 1.29 is 19.2 Å². The zero-order valence-electron chi connectivity index (χ0n) is 14.4. The second-order valence-electron chi connectivity index (χ2n) is 5.49. The number of ketones is 1. The summed E-state index contributed by atoms with van der Waals surface area (Å²) in [6, 6.07) is 5.80. The van der Waals surface area contributed by atoms with E-state index in [-0.39, 0.29) is 23.8 Å². The minimum absolute atomic E-state index is 0.132. The van der Waals surface area contributed by atoms with Gasteiger partial charge in [0, 0.05) is 29.6 Å². The number of rotatable bonds is 8. The van der Waals surface area contributed by atoms with Gasteiger partial charge in [-0.15, -0.1) is 6.58 Å². The summed E-state index contributed by atoms with van der Waals surface area (Å²) in [6.07, 6.45) is 1.76. The van der Waals surface area contributed by atoms with Gasteiger partial charge >= 0.3 is 0 Å². The lowest BCUT2D eigenvalue weighted by atomic mass is 10.1. The highest BCUT2D eigenvalue weighted by atomic mass is 16.6. The monoisotopic (exact) mass is 344 g/mol. The second-order valence-corrected chi connectivity index (χ2v) is 5.49. The Hall–Kier alpha value is -3.09. The predicted molar refractivity (Wildman–Crippen MR) is 93.6 cm³/mol. The van der Waals surface area contributed by atoms with Crippen molar-refractivity contribution in [3.05, 3.63) is 64.0 Å². The Balaban J connectivity index is 2.20. The molecule has 0 aliphatic rings. The number of nitrogens with zero attached hydrogens (tertiary/aromatic N) is 2. The van der Waals surface area contributed by atoms with Crippen LogP contribution in [0.1, 0.15) is 21.7 Å². The van der Waals surface area contributed by atoms with Gasteiger partial charge in [-0.25, -0.2) is 0 Å². The summed E-state index contributed by atoms with van der Waals surface area (Å²) in [4.78, 5) is 22.8. The summed E-state index contributed by atoms with van der Waals surface area (Å²) >= 11 is 0. The van der Waals surface area contributed by atoms with Crippen LogP contribution in [0.25, 0.3) is 0 Å². The van der Waals surface area contributed by atoms with E-state index in [2.05, 4.69) is 6.58 Å². The highest BCUT2D eigenvalue weighted by Gasteiger charge is 2.18. The molecule has 0 N–H and O–H groups in total. The molecule has 7 heteroatoms. The number of carbonyl (C=O) groups is 1. The van der Waals surface area contributed by atoms with Crippen molar-refractivity contribution in [3.8, 4) is 11.5 Å². The maximum Gasteiger partial charge on any atom is 0.273 e. The first kappa shape index (κ1) is 18.3. The van der Waals surface area contributed by atoms with Crippen LogP contribution in [0, 0.1) is 24.0 Å². The van der Waals surface area contributed by atoms with E-state index in [4.69, 9.17) is 9.47 Å². The maximum absolute atomic E-state index is 12.5. The van der Waals surface area contributed by atoms with Crippen molar-refractivity contribution in [1.29, 1.82) is 0 Å². The molecule has 1 heterocycles. The summed E-state index contributed by atoms with van der Waals surface area (Å²) in [5, 5.41) is 10.9. The van der Waals surface area contributed by atoms with E-state index in [0.29, 0.717) is 17.9 Å². The molecule has 0 spiro atoms. The number of aryl methyl sites for hydroxylation is 1. The first-order valence-electron chi connectivity index (χ1n) is 7.65. The van der Waals surface area contributed by atoms with Crippen LogP contribution in [-0.4, -0.2) is 29.0 Å². The molecule has 0 aliphatic carbocycles. The molecule has 0 amide bonds. The number of non-ortho nitro benzene ring substituents is 1. The fourth-order valence-electron chi connectivity index (χ4n) is 2.61. The molecule has 0 bridgehead atoms. The van der Waals surface area contributed by atoms with Gasteiger partial charge in [0.25, 0.3) is 5.69 Å². The van der Waals surface area contributed by atoms with Crippen LogP contribution in [0.4, 0.5) is 5.69 Å². The van der Waals surface area contributed by atoms with Crippen LogP contribution >= 0.6 is 0 Å². The first-order valence-corrected chi connectivity index (χ1v) is 7.65. The normalized spacial score (nSPS) is 10.4. The van der Waals surface area contributed by atoms with Gasteiger partial charge in [-0.3, -0.25) is 14.9 Å². The molecule has 0 radical (unpaired) electrons. The lowest BCUT2D eigenvalue weighted by molar-refractivity contribution is -0.385. The lowest BCUT2D eigenvalue weighted by Crippen LogP contribution is -2.13. The van der Waals surface area contributed by atoms with E-state index >= 15 is 0 Å². The van der Waals surface area contributed by atoms with Gasteiger partial charge in [0.05, 0.1) is 18.1 Å². The number of methoxy groups -OCH3 is 1. The summed E-state index contributed by atoms with van der Waals surface area (Å²) in [5.74, 6) is 0.275. The molecule has 132 valence electrons. The Morgan fingerprint density at radius 3 is 2.64 bits per heavy atom. The third kappa shape index (κ3) is 3.88. The summed E-state index contributed by atoms with van der Waals surface area (Å²) < 4.78 is 12.6. The largest absolute Gasteiger partial charge is 0.493 e. The molecule has 0 aliphatic heterocycles. The van der Waals surface area contributed by atoms with Crippen molar-refractivity contribution in [2.45, 2.75) is 20.4 Å². The fraction of sp³-hybridized carbons (Fsp3) is 0.278. The maximum atomic E-state index is 12.5. The molecule has 25 heavy (non-hydrogen) atoms. The second kappa shape index (κ2) is 7.65. The Kier molecular flexibility index (Phi) is 5.59. The topological polar surface area (TPSA) is 83.6 Å². The zero-order chi connectivity index (χ0) is 18.6. The number of benzene rings is 1. The van der Waals surface area contributed by atoms with Crippen molar-refractivity contribution in [1.82, 2.24) is 4.57 Å². The number of ether oxygens (including phenoxy) is 2. The molecule has 2 rings (SSSR count). The van der Waals surface area contributed by atoms with Crippen LogP contribution in [0.2, 0.25) is 0 Å². The average molecular weight is 344 g/mol. The number of nitro groups is 1. The Labute approximate surface area is 145 Å². The zero-order valence-corrected chi connectivity index (χ0v) is 14.4. The molecule has 0 unspecified atom stereocenters. The van der Waals surface area contributed by atoms with Gasteiger partial charge in [-0.05, 0) is 26.0 Å². The van der Waals surface area contributed by atoms with Gasteiger partial charge in [0.2, 0.25) is 5.78 Å². The van der Waals surface area contributed by atoms with Crippen molar-refractivity contribution in [2.75, 3.05) is 13.7 Å². The number of hydrogen-bond donors (Lipinski definition) is 0. The highest BCUT2D eigenvalue weighted by molar-refractivity contribution is 5.98.